The van der Waals surface area contributed by atoms with Crippen LogP contribution in [-0.2, 0) is 33.3 Å². The van der Waals surface area contributed by atoms with E-state index in [1.165, 1.54) is 11.3 Å². The molecule has 0 bridgehead atoms. The summed E-state index contributed by atoms with van der Waals surface area (Å²) in [4.78, 5) is 41.6. The lowest BCUT2D eigenvalue weighted by atomic mass is 9.86. The fraction of sp³-hybridized carbons (Fsp3) is 0.667. The zero-order chi connectivity index (χ0) is 26.8. The fourth-order valence-electron chi connectivity index (χ4n) is 4.06. The van der Waals surface area contributed by atoms with Gasteiger partial charge in [-0.25, -0.2) is 4.99 Å². The van der Waals surface area contributed by atoms with Crippen LogP contribution in [0.5, 0.6) is 0 Å². The van der Waals surface area contributed by atoms with E-state index >= 15 is 0 Å². The van der Waals surface area contributed by atoms with Crippen molar-refractivity contribution in [3.63, 3.8) is 0 Å². The minimum Gasteiger partial charge on any atom is -0.463 e. The van der Waals surface area contributed by atoms with Crippen LogP contribution < -0.4 is 5.73 Å². The van der Waals surface area contributed by atoms with Crippen molar-refractivity contribution >= 4 is 30.1 Å². The molecule has 1 fully saturated rings. The molecular weight excluding hydrogens is 470 g/mol. The van der Waals surface area contributed by atoms with Crippen molar-refractivity contribution in [2.75, 3.05) is 6.61 Å². The highest BCUT2D eigenvalue weighted by molar-refractivity contribution is 6.02. The first-order chi connectivity index (χ1) is 16.9. The second-order valence-electron chi connectivity index (χ2n) is 9.85. The number of ether oxygens (including phenoxy) is 4. The number of hydrogen-bond donors (Lipinski definition) is 1. The molecule has 1 saturated heterocycles. The second kappa shape index (κ2) is 10.7. The summed E-state index contributed by atoms with van der Waals surface area (Å²) in [5, 5.41) is 16.3. The first-order valence-electron chi connectivity index (χ1n) is 11.9. The van der Waals surface area contributed by atoms with E-state index in [1.807, 2.05) is 0 Å². The van der Waals surface area contributed by atoms with E-state index in [0.29, 0.717) is 5.70 Å². The van der Waals surface area contributed by atoms with Crippen molar-refractivity contribution < 1.29 is 33.3 Å². The molecule has 3 heterocycles. The average Bonchev–Trinajstić information content (AvgIpc) is 3.38. The van der Waals surface area contributed by atoms with Gasteiger partial charge in [-0.1, -0.05) is 47.6 Å². The van der Waals surface area contributed by atoms with E-state index < -0.39 is 65.6 Å². The van der Waals surface area contributed by atoms with Crippen molar-refractivity contribution in [1.82, 2.24) is 5.01 Å². The van der Waals surface area contributed by atoms with Crippen molar-refractivity contribution in [3.05, 3.63) is 11.8 Å². The highest BCUT2D eigenvalue weighted by atomic mass is 16.7. The van der Waals surface area contributed by atoms with Crippen LogP contribution in [0.15, 0.2) is 21.9 Å². The minimum absolute atomic E-state index is 0.208. The van der Waals surface area contributed by atoms with Crippen LogP contribution in [0.1, 0.15) is 48.0 Å². The molecule has 5 atom stereocenters. The van der Waals surface area contributed by atoms with Gasteiger partial charge in [-0.2, -0.15) is 10.4 Å². The first-order valence-corrected chi connectivity index (χ1v) is 11.9. The number of esters is 3. The Labute approximate surface area is 210 Å². The Morgan fingerprint density at radius 2 is 1.75 bits per heavy atom. The highest BCUT2D eigenvalue weighted by Crippen LogP contribution is 2.44. The molecule has 0 aromatic rings. The molecule has 36 heavy (non-hydrogen) atoms. The Morgan fingerprint density at radius 3 is 2.33 bits per heavy atom. The number of nitriles is 1. The molecule has 0 spiro atoms. The molecule has 0 radical (unpaired) electrons. The van der Waals surface area contributed by atoms with E-state index in [0.717, 1.165) is 0 Å². The molecular formula is C24H33N5O7. The number of fused-ring (bicyclic) bond motifs is 1. The quantitative estimate of drug-likeness (QED) is 0.376. The van der Waals surface area contributed by atoms with Gasteiger partial charge in [0.05, 0.1) is 23.5 Å². The maximum absolute atomic E-state index is 12.8. The van der Waals surface area contributed by atoms with Crippen LogP contribution in [0.4, 0.5) is 0 Å². The van der Waals surface area contributed by atoms with Gasteiger partial charge in [0.1, 0.15) is 31.2 Å². The second-order valence-corrected chi connectivity index (χ2v) is 9.85. The lowest BCUT2D eigenvalue weighted by Crippen LogP contribution is -2.58. The lowest BCUT2D eigenvalue weighted by molar-refractivity contribution is -0.175. The third-order valence-corrected chi connectivity index (χ3v) is 6.11. The molecule has 2 N–H and O–H groups in total. The van der Waals surface area contributed by atoms with Gasteiger partial charge >= 0.3 is 17.9 Å². The number of nitrogens with zero attached hydrogens (tertiary/aromatic N) is 4. The number of amidine groups is 1. The normalized spacial score (nSPS) is 29.1. The third-order valence-electron chi connectivity index (χ3n) is 6.11. The Morgan fingerprint density at radius 1 is 1.14 bits per heavy atom. The summed E-state index contributed by atoms with van der Waals surface area (Å²) in [6.07, 6.45) is -0.371. The third kappa shape index (κ3) is 5.06. The molecule has 12 nitrogen and oxygen atoms in total. The summed E-state index contributed by atoms with van der Waals surface area (Å²) in [7, 11) is 0. The monoisotopic (exact) mass is 503 g/mol. The van der Waals surface area contributed by atoms with Crippen LogP contribution in [0.2, 0.25) is 0 Å². The summed E-state index contributed by atoms with van der Waals surface area (Å²) in [5.74, 6) is -2.93. The molecule has 1 unspecified atom stereocenters. The van der Waals surface area contributed by atoms with E-state index in [1.54, 1.807) is 47.6 Å². The molecule has 0 aromatic heterocycles. The number of rotatable bonds is 8. The average molecular weight is 504 g/mol. The van der Waals surface area contributed by atoms with Crippen LogP contribution >= 0.6 is 0 Å². The van der Waals surface area contributed by atoms with Gasteiger partial charge in [0.25, 0.3) is 0 Å². The number of carbonyl (C=O) groups excluding carboxylic acids is 3. The van der Waals surface area contributed by atoms with Gasteiger partial charge in [0.15, 0.2) is 18.0 Å². The zero-order valence-electron chi connectivity index (χ0n) is 21.3. The minimum atomic E-state index is -1.84. The van der Waals surface area contributed by atoms with E-state index in [-0.39, 0.29) is 18.9 Å². The molecule has 3 aliphatic rings. The predicted octanol–water partition coefficient (Wildman–Crippen LogP) is 1.25. The molecule has 0 aliphatic carbocycles. The predicted molar refractivity (Wildman–Crippen MR) is 127 cm³/mol. The fourth-order valence-corrected chi connectivity index (χ4v) is 4.06. The molecule has 0 aromatic carbocycles. The first kappa shape index (κ1) is 27.1. The van der Waals surface area contributed by atoms with Crippen LogP contribution in [0, 0.1) is 29.1 Å². The SMILES string of the molecule is CC(C)C(=O)OC[C@H]1O[C@@](C#N)(C2CC=C3C(N)=NC=NN32)[C@H](OC(=O)C(C)C)[C@@H]1OC(=O)C(C)C. The number of nitrogens with two attached hydrogens (primary N) is 1. The van der Waals surface area contributed by atoms with Crippen molar-refractivity contribution in [2.24, 2.45) is 33.6 Å². The zero-order valence-corrected chi connectivity index (χ0v) is 21.3. The van der Waals surface area contributed by atoms with Crippen LogP contribution in [-0.4, -0.2) is 71.7 Å². The van der Waals surface area contributed by atoms with Gasteiger partial charge in [0.2, 0.25) is 5.60 Å². The van der Waals surface area contributed by atoms with Gasteiger partial charge in [-0.05, 0) is 6.42 Å². The Bertz CT molecular complexity index is 1030. The number of aliphatic imine (C=N–C) groups is 1. The number of hydrogen-bond acceptors (Lipinski definition) is 12. The van der Waals surface area contributed by atoms with Gasteiger partial charge in [0, 0.05) is 0 Å². The Hall–Kier alpha value is -3.46. The number of hydrazone groups is 1. The van der Waals surface area contributed by atoms with Crippen molar-refractivity contribution in [1.29, 1.82) is 5.26 Å². The summed E-state index contributed by atoms with van der Waals surface area (Å²) in [6, 6.07) is 1.38. The maximum atomic E-state index is 12.8. The topological polar surface area (TPSA) is 166 Å². The Kier molecular flexibility index (Phi) is 8.03. The molecule has 0 amide bonds. The van der Waals surface area contributed by atoms with E-state index in [9.17, 15) is 19.6 Å². The summed E-state index contributed by atoms with van der Waals surface area (Å²) in [5.41, 5.74) is 4.64. The van der Waals surface area contributed by atoms with Crippen LogP contribution in [0.3, 0.4) is 0 Å². The maximum Gasteiger partial charge on any atom is 0.308 e. The standard InChI is InChI=1S/C24H33N5O7/c1-12(2)21(30)33-9-16-18(34-22(31)13(3)4)19(35-23(32)14(5)6)24(10-25,36-16)17-8-7-15-20(26)27-11-28-29(15)17/h7,11-14,16-19H,8-9H2,1-6H3,(H2,26,27,28)/t16-,17?,18-,19-,24+/m1/s1. The van der Waals surface area contributed by atoms with Crippen molar-refractivity contribution in [3.8, 4) is 6.07 Å². The number of carbonyl (C=O) groups is 3. The van der Waals surface area contributed by atoms with E-state index in [4.69, 9.17) is 24.7 Å². The van der Waals surface area contributed by atoms with E-state index in [2.05, 4.69) is 16.2 Å². The van der Waals surface area contributed by atoms with Gasteiger partial charge in [-0.3, -0.25) is 19.4 Å². The summed E-state index contributed by atoms with van der Waals surface area (Å²) in [6.45, 7) is 9.62. The largest absolute Gasteiger partial charge is 0.463 e. The molecule has 0 saturated carbocycles. The Balaban J connectivity index is 2.05. The van der Waals surface area contributed by atoms with Gasteiger partial charge in [-0.15, -0.1) is 0 Å². The molecule has 12 heteroatoms. The van der Waals surface area contributed by atoms with Crippen molar-refractivity contribution in [2.45, 2.75) is 77.9 Å². The van der Waals surface area contributed by atoms with Crippen LogP contribution in [0.25, 0.3) is 0 Å². The lowest BCUT2D eigenvalue weighted by Gasteiger charge is -2.38. The highest BCUT2D eigenvalue weighted by Gasteiger charge is 2.66. The van der Waals surface area contributed by atoms with Gasteiger partial charge < -0.3 is 24.7 Å². The summed E-state index contributed by atoms with van der Waals surface area (Å²) < 4.78 is 23.2. The molecule has 196 valence electrons. The smallest absolute Gasteiger partial charge is 0.308 e. The molecule has 3 rings (SSSR count). The molecule has 3 aliphatic heterocycles. The summed E-state index contributed by atoms with van der Waals surface area (Å²) >= 11 is 0.